The van der Waals surface area contributed by atoms with Crippen molar-refractivity contribution in [2.24, 2.45) is 5.92 Å². The van der Waals surface area contributed by atoms with Gasteiger partial charge in [0.15, 0.2) is 0 Å². The Morgan fingerprint density at radius 1 is 1.45 bits per heavy atom. The monoisotopic (exact) mass is 153 g/mol. The molecule has 0 heterocycles. The van der Waals surface area contributed by atoms with Gasteiger partial charge in [-0.1, -0.05) is 6.92 Å². The molecule has 0 saturated carbocycles. The minimum Gasteiger partial charge on any atom is -0.319 e. The van der Waals surface area contributed by atoms with Crippen LogP contribution in [0.5, 0.6) is 0 Å². The van der Waals surface area contributed by atoms with E-state index in [9.17, 15) is 0 Å². The summed E-state index contributed by atoms with van der Waals surface area (Å²) in [6, 6.07) is 0. The van der Waals surface area contributed by atoms with Gasteiger partial charge in [-0.15, -0.1) is 11.8 Å². The van der Waals surface area contributed by atoms with Crippen molar-refractivity contribution in [1.82, 2.24) is 5.32 Å². The lowest BCUT2D eigenvalue weighted by atomic mass is 10.0. The third kappa shape index (κ3) is 7.42. The lowest BCUT2D eigenvalue weighted by Crippen LogP contribution is -2.15. The molecule has 0 radical (unpaired) electrons. The molecule has 0 fully saturated rings. The van der Waals surface area contributed by atoms with Gasteiger partial charge in [0.1, 0.15) is 0 Å². The lowest BCUT2D eigenvalue weighted by molar-refractivity contribution is 0.490. The average molecular weight is 153 g/mol. The van der Waals surface area contributed by atoms with Crippen molar-refractivity contribution in [2.45, 2.75) is 33.1 Å². The molecule has 0 aliphatic carbocycles. The van der Waals surface area contributed by atoms with Crippen molar-refractivity contribution in [3.63, 3.8) is 0 Å². The van der Waals surface area contributed by atoms with Crippen molar-refractivity contribution in [3.8, 4) is 11.8 Å². The second kappa shape index (κ2) is 7.63. The van der Waals surface area contributed by atoms with Gasteiger partial charge in [0.25, 0.3) is 0 Å². The van der Waals surface area contributed by atoms with E-state index in [-0.39, 0.29) is 0 Å². The summed E-state index contributed by atoms with van der Waals surface area (Å²) in [5.41, 5.74) is 0. The maximum atomic E-state index is 3.17. The van der Waals surface area contributed by atoms with E-state index in [1.54, 1.807) is 0 Å². The van der Waals surface area contributed by atoms with Gasteiger partial charge in [-0.3, -0.25) is 0 Å². The van der Waals surface area contributed by atoms with E-state index in [4.69, 9.17) is 0 Å². The molecule has 0 aromatic heterocycles. The van der Waals surface area contributed by atoms with Gasteiger partial charge in [0, 0.05) is 6.42 Å². The Labute approximate surface area is 70.6 Å². The fourth-order valence-corrected chi connectivity index (χ4v) is 1.11. The Morgan fingerprint density at radius 2 is 2.18 bits per heavy atom. The molecular weight excluding hydrogens is 134 g/mol. The zero-order valence-electron chi connectivity index (χ0n) is 7.91. The molecule has 0 aliphatic rings. The first kappa shape index (κ1) is 10.5. The highest BCUT2D eigenvalue weighted by atomic mass is 14.8. The van der Waals surface area contributed by atoms with Crippen LogP contribution in [0, 0.1) is 17.8 Å². The SMILES string of the molecule is CC#CCCCC(C)CNC. The number of unbranched alkanes of at least 4 members (excludes halogenated alkanes) is 1. The summed E-state index contributed by atoms with van der Waals surface area (Å²) in [4.78, 5) is 0. The number of hydrogen-bond donors (Lipinski definition) is 1. The second-order valence-electron chi connectivity index (χ2n) is 2.98. The van der Waals surface area contributed by atoms with Crippen LogP contribution in [0.3, 0.4) is 0 Å². The zero-order chi connectivity index (χ0) is 8.53. The van der Waals surface area contributed by atoms with Gasteiger partial charge in [-0.2, -0.15) is 0 Å². The normalized spacial score (nSPS) is 11.9. The minimum atomic E-state index is 0.790. The number of hydrogen-bond acceptors (Lipinski definition) is 1. The van der Waals surface area contributed by atoms with E-state index in [0.717, 1.165) is 18.9 Å². The summed E-state index contributed by atoms with van der Waals surface area (Å²) in [5.74, 6) is 6.77. The van der Waals surface area contributed by atoms with Gasteiger partial charge in [0.05, 0.1) is 0 Å². The standard InChI is InChI=1S/C10H19N/c1-4-5-6-7-8-10(2)9-11-3/h10-11H,6-9H2,1-3H3. The Morgan fingerprint density at radius 3 is 2.73 bits per heavy atom. The van der Waals surface area contributed by atoms with Crippen LogP contribution in [0.25, 0.3) is 0 Å². The Kier molecular flexibility index (Phi) is 7.29. The van der Waals surface area contributed by atoms with Gasteiger partial charge < -0.3 is 5.32 Å². The summed E-state index contributed by atoms with van der Waals surface area (Å²) in [7, 11) is 2.00. The molecule has 64 valence electrons. The van der Waals surface area contributed by atoms with E-state index < -0.39 is 0 Å². The predicted molar refractivity (Wildman–Crippen MR) is 50.4 cm³/mol. The van der Waals surface area contributed by atoms with Gasteiger partial charge in [-0.05, 0) is 39.3 Å². The summed E-state index contributed by atoms with van der Waals surface area (Å²) >= 11 is 0. The lowest BCUT2D eigenvalue weighted by Gasteiger charge is -2.07. The van der Waals surface area contributed by atoms with Crippen LogP contribution in [0.4, 0.5) is 0 Å². The number of nitrogens with one attached hydrogen (secondary N) is 1. The average Bonchev–Trinajstić information content (AvgIpc) is 1.99. The minimum absolute atomic E-state index is 0.790. The molecular formula is C10H19N. The predicted octanol–water partition coefficient (Wildman–Crippen LogP) is 2.04. The molecule has 0 saturated heterocycles. The number of rotatable bonds is 5. The van der Waals surface area contributed by atoms with E-state index in [1.165, 1.54) is 12.8 Å². The summed E-state index contributed by atoms with van der Waals surface area (Å²) in [5, 5.41) is 3.17. The molecule has 0 rings (SSSR count). The molecule has 0 aromatic rings. The van der Waals surface area contributed by atoms with Crippen molar-refractivity contribution < 1.29 is 0 Å². The molecule has 0 aliphatic heterocycles. The molecule has 1 unspecified atom stereocenters. The first-order chi connectivity index (χ1) is 5.31. The molecule has 0 amide bonds. The van der Waals surface area contributed by atoms with Gasteiger partial charge >= 0.3 is 0 Å². The molecule has 1 nitrogen and oxygen atoms in total. The molecule has 1 heteroatoms. The van der Waals surface area contributed by atoms with E-state index >= 15 is 0 Å². The highest BCUT2D eigenvalue weighted by molar-refractivity contribution is 4.94. The fourth-order valence-electron chi connectivity index (χ4n) is 1.11. The van der Waals surface area contributed by atoms with Crippen LogP contribution in [0.1, 0.15) is 33.1 Å². The van der Waals surface area contributed by atoms with Crippen molar-refractivity contribution in [2.75, 3.05) is 13.6 Å². The van der Waals surface area contributed by atoms with Crippen LogP contribution in [-0.2, 0) is 0 Å². The van der Waals surface area contributed by atoms with Crippen LogP contribution >= 0.6 is 0 Å². The third-order valence-electron chi connectivity index (χ3n) is 1.73. The Hall–Kier alpha value is -0.480. The van der Waals surface area contributed by atoms with Gasteiger partial charge in [-0.25, -0.2) is 0 Å². The summed E-state index contributed by atoms with van der Waals surface area (Å²) in [6.45, 7) is 5.30. The van der Waals surface area contributed by atoms with Crippen molar-refractivity contribution in [3.05, 3.63) is 0 Å². The van der Waals surface area contributed by atoms with Crippen LogP contribution in [0.15, 0.2) is 0 Å². The smallest absolute Gasteiger partial charge is 0.00886 e. The highest BCUT2D eigenvalue weighted by Crippen LogP contribution is 2.05. The first-order valence-corrected chi connectivity index (χ1v) is 4.35. The maximum absolute atomic E-state index is 3.17. The molecule has 0 spiro atoms. The third-order valence-corrected chi connectivity index (χ3v) is 1.73. The summed E-state index contributed by atoms with van der Waals surface area (Å²) < 4.78 is 0. The van der Waals surface area contributed by atoms with Crippen molar-refractivity contribution >= 4 is 0 Å². The Balaban J connectivity index is 3.14. The van der Waals surface area contributed by atoms with Crippen LogP contribution in [0.2, 0.25) is 0 Å². The second-order valence-corrected chi connectivity index (χ2v) is 2.98. The van der Waals surface area contributed by atoms with E-state index in [2.05, 4.69) is 24.1 Å². The van der Waals surface area contributed by atoms with Gasteiger partial charge in [0.2, 0.25) is 0 Å². The van der Waals surface area contributed by atoms with Crippen LogP contribution < -0.4 is 5.32 Å². The van der Waals surface area contributed by atoms with Crippen LogP contribution in [-0.4, -0.2) is 13.6 Å². The van der Waals surface area contributed by atoms with E-state index in [0.29, 0.717) is 0 Å². The fraction of sp³-hybridized carbons (Fsp3) is 0.800. The largest absolute Gasteiger partial charge is 0.319 e. The van der Waals surface area contributed by atoms with Crippen molar-refractivity contribution in [1.29, 1.82) is 0 Å². The molecule has 1 N–H and O–H groups in total. The highest BCUT2D eigenvalue weighted by Gasteiger charge is 1.97. The first-order valence-electron chi connectivity index (χ1n) is 4.35. The zero-order valence-corrected chi connectivity index (χ0v) is 7.91. The Bertz CT molecular complexity index is 130. The maximum Gasteiger partial charge on any atom is 0.00886 e. The topological polar surface area (TPSA) is 12.0 Å². The van der Waals surface area contributed by atoms with E-state index in [1.807, 2.05) is 14.0 Å². The summed E-state index contributed by atoms with van der Waals surface area (Å²) in [6.07, 6.45) is 3.59. The molecule has 1 atom stereocenters. The molecule has 0 bridgehead atoms. The quantitative estimate of drug-likeness (QED) is 0.471. The molecule has 11 heavy (non-hydrogen) atoms. The molecule has 0 aromatic carbocycles.